The molecule has 4 rings (SSSR count). The number of nitrogens with two attached hydrogens (primary N) is 1. The SMILES string of the molecule is Nn1c(SCc2nnc(-c3ccccc3Cl)o2)nnc1-c1ccc(OC(F)F)cc1. The van der Waals surface area contributed by atoms with Crippen molar-refractivity contribution in [1.82, 2.24) is 25.1 Å². The second-order valence-electron chi connectivity index (χ2n) is 5.85. The van der Waals surface area contributed by atoms with E-state index in [-0.39, 0.29) is 5.75 Å². The van der Waals surface area contributed by atoms with Crippen LogP contribution in [0.5, 0.6) is 5.75 Å². The number of hydrogen-bond acceptors (Lipinski definition) is 8. The monoisotopic (exact) mass is 450 g/mol. The van der Waals surface area contributed by atoms with Gasteiger partial charge in [-0.25, -0.2) is 4.68 Å². The molecule has 2 aromatic heterocycles. The molecule has 2 aromatic carbocycles. The molecule has 0 unspecified atom stereocenters. The molecule has 2 N–H and O–H groups in total. The maximum absolute atomic E-state index is 12.3. The molecule has 12 heteroatoms. The average molecular weight is 451 g/mol. The van der Waals surface area contributed by atoms with Crippen LogP contribution >= 0.6 is 23.4 Å². The van der Waals surface area contributed by atoms with Crippen LogP contribution in [0.3, 0.4) is 0 Å². The highest BCUT2D eigenvalue weighted by Gasteiger charge is 2.16. The van der Waals surface area contributed by atoms with Crippen molar-refractivity contribution < 1.29 is 17.9 Å². The van der Waals surface area contributed by atoms with Crippen molar-refractivity contribution in [3.8, 4) is 28.6 Å². The Balaban J connectivity index is 1.44. The zero-order valence-electron chi connectivity index (χ0n) is 15.1. The molecule has 0 aliphatic heterocycles. The van der Waals surface area contributed by atoms with E-state index in [1.807, 2.05) is 12.1 Å². The third-order valence-electron chi connectivity index (χ3n) is 3.90. The summed E-state index contributed by atoms with van der Waals surface area (Å²) in [4.78, 5) is 0. The lowest BCUT2D eigenvalue weighted by molar-refractivity contribution is -0.0498. The van der Waals surface area contributed by atoms with Crippen molar-refractivity contribution >= 4 is 23.4 Å². The lowest BCUT2D eigenvalue weighted by atomic mass is 10.2. The van der Waals surface area contributed by atoms with Crippen LogP contribution < -0.4 is 10.6 Å². The van der Waals surface area contributed by atoms with Crippen LogP contribution in [0, 0.1) is 0 Å². The maximum Gasteiger partial charge on any atom is 0.387 e. The van der Waals surface area contributed by atoms with Gasteiger partial charge in [0, 0.05) is 5.56 Å². The number of thioether (sulfide) groups is 1. The second kappa shape index (κ2) is 8.67. The van der Waals surface area contributed by atoms with Crippen molar-refractivity contribution in [3.63, 3.8) is 0 Å². The molecule has 8 nitrogen and oxygen atoms in total. The number of alkyl halides is 2. The normalized spacial score (nSPS) is 11.2. The highest BCUT2D eigenvalue weighted by Crippen LogP contribution is 2.29. The van der Waals surface area contributed by atoms with E-state index in [4.69, 9.17) is 21.9 Å². The molecule has 2 heterocycles. The van der Waals surface area contributed by atoms with E-state index < -0.39 is 6.61 Å². The van der Waals surface area contributed by atoms with Crippen molar-refractivity contribution in [1.29, 1.82) is 0 Å². The van der Waals surface area contributed by atoms with E-state index in [1.54, 1.807) is 24.3 Å². The first kappa shape index (κ1) is 20.1. The molecule has 154 valence electrons. The molecule has 0 amide bonds. The fourth-order valence-corrected chi connectivity index (χ4v) is 3.45. The summed E-state index contributed by atoms with van der Waals surface area (Å²) in [5.74, 6) is 7.47. The highest BCUT2D eigenvalue weighted by atomic mass is 35.5. The minimum absolute atomic E-state index is 0.0390. The molecular formula is C18H13ClF2N6O2S. The molecule has 0 saturated carbocycles. The fourth-order valence-electron chi connectivity index (χ4n) is 2.54. The molecular weight excluding hydrogens is 438 g/mol. The Morgan fingerprint density at radius 3 is 2.57 bits per heavy atom. The molecule has 0 aliphatic carbocycles. The van der Waals surface area contributed by atoms with Gasteiger partial charge in [0.1, 0.15) is 5.75 Å². The Hall–Kier alpha value is -3.18. The number of hydrogen-bond donors (Lipinski definition) is 1. The van der Waals surface area contributed by atoms with Gasteiger partial charge in [0.15, 0.2) is 5.82 Å². The molecule has 4 aromatic rings. The van der Waals surface area contributed by atoms with Crippen LogP contribution in [0.1, 0.15) is 5.89 Å². The Labute approximate surface area is 178 Å². The van der Waals surface area contributed by atoms with E-state index in [0.717, 1.165) is 0 Å². The van der Waals surface area contributed by atoms with Crippen molar-refractivity contribution in [2.24, 2.45) is 0 Å². The predicted molar refractivity (Wildman–Crippen MR) is 107 cm³/mol. The molecule has 0 aliphatic rings. The molecule has 0 radical (unpaired) electrons. The number of nitrogens with zero attached hydrogens (tertiary/aromatic N) is 5. The van der Waals surface area contributed by atoms with E-state index in [1.165, 1.54) is 28.6 Å². The van der Waals surface area contributed by atoms with Gasteiger partial charge >= 0.3 is 6.61 Å². The number of aromatic nitrogens is 5. The Morgan fingerprint density at radius 1 is 1.07 bits per heavy atom. The summed E-state index contributed by atoms with van der Waals surface area (Å²) >= 11 is 7.39. The van der Waals surface area contributed by atoms with Crippen molar-refractivity contribution in [2.75, 3.05) is 5.84 Å². The Morgan fingerprint density at radius 2 is 1.83 bits per heavy atom. The van der Waals surface area contributed by atoms with Gasteiger partial charge in [-0.2, -0.15) is 8.78 Å². The van der Waals surface area contributed by atoms with Crippen LogP contribution in [0.2, 0.25) is 5.02 Å². The number of halogens is 3. The molecule has 0 fully saturated rings. The zero-order valence-corrected chi connectivity index (χ0v) is 16.6. The Kier molecular flexibility index (Phi) is 5.81. The van der Waals surface area contributed by atoms with E-state index in [9.17, 15) is 8.78 Å². The number of nitrogen functional groups attached to an aromatic ring is 1. The highest BCUT2D eigenvalue weighted by molar-refractivity contribution is 7.98. The van der Waals surface area contributed by atoms with Crippen LogP contribution in [0.25, 0.3) is 22.8 Å². The lowest BCUT2D eigenvalue weighted by Gasteiger charge is -2.06. The lowest BCUT2D eigenvalue weighted by Crippen LogP contribution is -2.11. The first-order valence-electron chi connectivity index (χ1n) is 8.47. The molecule has 30 heavy (non-hydrogen) atoms. The molecule has 0 spiro atoms. The topological polar surface area (TPSA) is 105 Å². The molecule has 0 atom stereocenters. The first-order chi connectivity index (χ1) is 14.5. The van der Waals surface area contributed by atoms with Gasteiger partial charge in [0.05, 0.1) is 16.3 Å². The third kappa shape index (κ3) is 4.36. The quantitative estimate of drug-likeness (QED) is 0.329. The van der Waals surface area contributed by atoms with Crippen molar-refractivity contribution in [2.45, 2.75) is 17.5 Å². The van der Waals surface area contributed by atoms with Crippen LogP contribution in [-0.2, 0) is 5.75 Å². The van der Waals surface area contributed by atoms with Crippen LogP contribution in [0.4, 0.5) is 8.78 Å². The summed E-state index contributed by atoms with van der Waals surface area (Å²) in [5, 5.41) is 17.0. The van der Waals surface area contributed by atoms with Gasteiger partial charge in [-0.1, -0.05) is 35.5 Å². The summed E-state index contributed by atoms with van der Waals surface area (Å²) < 4.78 is 35.8. The zero-order chi connectivity index (χ0) is 21.1. The number of ether oxygens (including phenoxy) is 1. The molecule has 0 saturated heterocycles. The van der Waals surface area contributed by atoms with Gasteiger partial charge in [-0.05, 0) is 36.4 Å². The number of rotatable bonds is 7. The average Bonchev–Trinajstić information content (AvgIpc) is 3.34. The summed E-state index contributed by atoms with van der Waals surface area (Å²) in [6.45, 7) is -2.89. The van der Waals surface area contributed by atoms with Crippen LogP contribution in [-0.4, -0.2) is 31.7 Å². The van der Waals surface area contributed by atoms with Gasteiger partial charge in [-0.3, -0.25) is 0 Å². The third-order valence-corrected chi connectivity index (χ3v) is 5.16. The smallest absolute Gasteiger partial charge is 0.387 e. The number of benzene rings is 2. The summed E-state index contributed by atoms with van der Waals surface area (Å²) in [7, 11) is 0. The minimum atomic E-state index is -2.89. The fraction of sp³-hybridized carbons (Fsp3) is 0.111. The summed E-state index contributed by atoms with van der Waals surface area (Å²) in [5.41, 5.74) is 1.24. The summed E-state index contributed by atoms with van der Waals surface area (Å²) in [6, 6.07) is 13.1. The van der Waals surface area contributed by atoms with E-state index >= 15 is 0 Å². The summed E-state index contributed by atoms with van der Waals surface area (Å²) in [6.07, 6.45) is 0. The molecule has 0 bridgehead atoms. The largest absolute Gasteiger partial charge is 0.435 e. The second-order valence-corrected chi connectivity index (χ2v) is 7.20. The predicted octanol–water partition coefficient (Wildman–Crippen LogP) is 4.26. The minimum Gasteiger partial charge on any atom is -0.435 e. The van der Waals surface area contributed by atoms with E-state index in [0.29, 0.717) is 44.7 Å². The Bertz CT molecular complexity index is 1150. The van der Waals surface area contributed by atoms with Gasteiger partial charge in [0.2, 0.25) is 16.9 Å². The van der Waals surface area contributed by atoms with Crippen LogP contribution in [0.15, 0.2) is 58.1 Å². The maximum atomic E-state index is 12.3. The standard InChI is InChI=1S/C18H13ClF2N6O2S/c19-13-4-2-1-3-12(13)16-25-23-14(29-16)9-30-18-26-24-15(27(18)22)10-5-7-11(8-6-10)28-17(20)21/h1-8,17H,9,22H2. The van der Waals surface area contributed by atoms with Gasteiger partial charge < -0.3 is 15.0 Å². The first-order valence-corrected chi connectivity index (χ1v) is 9.83. The van der Waals surface area contributed by atoms with Gasteiger partial charge in [-0.15, -0.1) is 20.4 Å². The van der Waals surface area contributed by atoms with Crippen molar-refractivity contribution in [3.05, 3.63) is 59.4 Å². The van der Waals surface area contributed by atoms with Gasteiger partial charge in [0.25, 0.3) is 0 Å². The van der Waals surface area contributed by atoms with E-state index in [2.05, 4.69) is 25.1 Å².